The van der Waals surface area contributed by atoms with E-state index in [-0.39, 0.29) is 35.9 Å². The number of rotatable bonds is 8. The Balaban J connectivity index is 1.27. The van der Waals surface area contributed by atoms with Crippen LogP contribution in [-0.2, 0) is 6.18 Å². The lowest BCUT2D eigenvalue weighted by Crippen LogP contribution is -2.57. The molecule has 2 atom stereocenters. The van der Waals surface area contributed by atoms with Crippen molar-refractivity contribution in [2.24, 2.45) is 5.73 Å². The number of para-hydroxylation sites is 1. The summed E-state index contributed by atoms with van der Waals surface area (Å²) in [7, 11) is 0. The number of nitrogens with two attached hydrogens (primary N) is 1. The van der Waals surface area contributed by atoms with Crippen LogP contribution in [0.3, 0.4) is 0 Å². The first-order valence-electron chi connectivity index (χ1n) is 15.8. The summed E-state index contributed by atoms with van der Waals surface area (Å²) >= 11 is 1.14. The van der Waals surface area contributed by atoms with Crippen molar-refractivity contribution >= 4 is 46.0 Å². The third-order valence-electron chi connectivity index (χ3n) is 9.11. The predicted octanol–water partition coefficient (Wildman–Crippen LogP) is 6.25. The maximum absolute atomic E-state index is 15.3. The number of imide groups is 1. The summed E-state index contributed by atoms with van der Waals surface area (Å²) in [5, 5.41) is 4.58. The number of allylic oxidation sites excluding steroid dienone is 2. The van der Waals surface area contributed by atoms with Crippen LogP contribution in [0.15, 0.2) is 91.0 Å². The second-order valence-electron chi connectivity index (χ2n) is 12.1. The summed E-state index contributed by atoms with van der Waals surface area (Å²) < 4.78 is 51.6. The zero-order valence-corrected chi connectivity index (χ0v) is 27.3. The molecule has 10 nitrogen and oxygen atoms in total. The van der Waals surface area contributed by atoms with Gasteiger partial charge in [-0.1, -0.05) is 36.9 Å². The standard InChI is InChI=1S/C36H31F3N6O4S/c1-21(13-15-40)33-42-26(20-50-33)32(46)41-25-11-12-29(49-22-7-3-2-4-8-22)30(36(37,38)39)31(25)44-18-17-43-16-14-27(28(43)19-44)45-34(47)23-9-5-6-10-24(23)35(45)48/h2-13,15,20,27-28H,1,14,16-19,40H2,(H,41,46)/b15-13-/t27-,28-/m1/s1. The number of thiazole rings is 1. The number of aromatic nitrogens is 1. The topological polar surface area (TPSA) is 121 Å². The lowest BCUT2D eigenvalue weighted by atomic mass is 10.0. The smallest absolute Gasteiger partial charge is 0.422 e. The number of halogens is 3. The van der Waals surface area contributed by atoms with Crippen molar-refractivity contribution in [3.05, 3.63) is 118 Å². The normalized spacial score (nSPS) is 19.2. The highest BCUT2D eigenvalue weighted by molar-refractivity contribution is 7.11. The maximum Gasteiger partial charge on any atom is 0.422 e. The number of ether oxygens (including phenoxy) is 1. The molecule has 3 amide bonds. The number of piperazine rings is 1. The van der Waals surface area contributed by atoms with Gasteiger partial charge in [-0.15, -0.1) is 11.3 Å². The Morgan fingerprint density at radius 1 is 0.980 bits per heavy atom. The molecule has 1 aromatic heterocycles. The van der Waals surface area contributed by atoms with E-state index in [9.17, 15) is 14.4 Å². The molecule has 3 aliphatic rings. The molecule has 0 aliphatic carbocycles. The van der Waals surface area contributed by atoms with Gasteiger partial charge in [0.25, 0.3) is 17.7 Å². The predicted molar refractivity (Wildman–Crippen MR) is 183 cm³/mol. The van der Waals surface area contributed by atoms with Crippen LogP contribution in [0.2, 0.25) is 0 Å². The van der Waals surface area contributed by atoms with Gasteiger partial charge in [0.2, 0.25) is 0 Å². The summed E-state index contributed by atoms with van der Waals surface area (Å²) in [4.78, 5) is 49.6. The molecule has 0 radical (unpaired) electrons. The summed E-state index contributed by atoms with van der Waals surface area (Å²) in [6.07, 6.45) is -1.61. The molecule has 3 aliphatic heterocycles. The van der Waals surface area contributed by atoms with Gasteiger partial charge in [-0.2, -0.15) is 13.2 Å². The molecular formula is C36H31F3N6O4S. The first kappa shape index (κ1) is 33.0. The summed E-state index contributed by atoms with van der Waals surface area (Å²) in [6.45, 7) is 5.03. The van der Waals surface area contributed by atoms with Gasteiger partial charge in [0.05, 0.1) is 28.5 Å². The van der Waals surface area contributed by atoms with Crippen LogP contribution in [0.25, 0.3) is 5.57 Å². The number of fused-ring (bicyclic) bond motifs is 2. The van der Waals surface area contributed by atoms with Crippen LogP contribution in [0.1, 0.15) is 48.2 Å². The van der Waals surface area contributed by atoms with Gasteiger partial charge in [0, 0.05) is 43.2 Å². The summed E-state index contributed by atoms with van der Waals surface area (Å²) in [5.74, 6) is -1.78. The molecule has 14 heteroatoms. The average molecular weight is 701 g/mol. The van der Waals surface area contributed by atoms with Crippen molar-refractivity contribution in [2.75, 3.05) is 36.4 Å². The average Bonchev–Trinajstić information content (AvgIpc) is 3.82. The quantitative estimate of drug-likeness (QED) is 0.164. The number of amides is 3. The van der Waals surface area contributed by atoms with E-state index in [2.05, 4.69) is 21.8 Å². The molecule has 3 N–H and O–H groups in total. The number of carbonyl (C=O) groups excluding carboxylic acids is 3. The Hall–Kier alpha value is -5.47. The van der Waals surface area contributed by atoms with E-state index in [1.54, 1.807) is 59.5 Å². The number of alkyl halides is 3. The number of carbonyl (C=O) groups is 3. The minimum Gasteiger partial charge on any atom is -0.457 e. The number of benzene rings is 3. The Morgan fingerprint density at radius 3 is 2.36 bits per heavy atom. The molecule has 256 valence electrons. The third-order valence-corrected chi connectivity index (χ3v) is 10.0. The van der Waals surface area contributed by atoms with Crippen LogP contribution in [-0.4, -0.2) is 70.8 Å². The Kier molecular flexibility index (Phi) is 8.66. The fourth-order valence-electron chi connectivity index (χ4n) is 6.87. The van der Waals surface area contributed by atoms with Crippen molar-refractivity contribution in [1.82, 2.24) is 14.8 Å². The van der Waals surface area contributed by atoms with E-state index in [1.807, 2.05) is 0 Å². The van der Waals surface area contributed by atoms with Gasteiger partial charge in [-0.05, 0) is 55.1 Å². The number of nitrogens with one attached hydrogen (secondary N) is 1. The lowest BCUT2D eigenvalue weighted by Gasteiger charge is -2.43. The molecule has 0 bridgehead atoms. The zero-order valence-electron chi connectivity index (χ0n) is 26.5. The van der Waals surface area contributed by atoms with Crippen molar-refractivity contribution in [2.45, 2.75) is 24.7 Å². The molecule has 4 heterocycles. The van der Waals surface area contributed by atoms with Gasteiger partial charge < -0.3 is 20.7 Å². The summed E-state index contributed by atoms with van der Waals surface area (Å²) in [6, 6.07) is 16.2. The van der Waals surface area contributed by atoms with Crippen molar-refractivity contribution < 1.29 is 32.3 Å². The van der Waals surface area contributed by atoms with Crippen LogP contribution >= 0.6 is 11.3 Å². The molecule has 0 unspecified atom stereocenters. The van der Waals surface area contributed by atoms with Crippen LogP contribution < -0.4 is 20.7 Å². The fraction of sp³-hybridized carbons (Fsp3) is 0.222. The zero-order chi connectivity index (χ0) is 35.2. The van der Waals surface area contributed by atoms with Gasteiger partial charge >= 0.3 is 6.18 Å². The SMILES string of the molecule is C=C(/C=C\N)c1nc(C(=O)Nc2ccc(Oc3ccccc3)c(C(F)(F)F)c2N2CCN3CC[C@@H](N4C(=O)c5ccccc5C4=O)[C@H]3C2)cs1. The highest BCUT2D eigenvalue weighted by atomic mass is 32.1. The Bertz CT molecular complexity index is 2000. The van der Waals surface area contributed by atoms with E-state index in [0.717, 1.165) is 11.3 Å². The van der Waals surface area contributed by atoms with Gasteiger partial charge in [0.15, 0.2) is 0 Å². The fourth-order valence-corrected chi connectivity index (χ4v) is 7.62. The Morgan fingerprint density at radius 2 is 1.68 bits per heavy atom. The molecule has 2 saturated heterocycles. The number of nitrogens with zero attached hydrogens (tertiary/aromatic N) is 4. The highest BCUT2D eigenvalue weighted by Gasteiger charge is 2.49. The maximum atomic E-state index is 15.3. The van der Waals surface area contributed by atoms with Crippen molar-refractivity contribution in [3.8, 4) is 11.5 Å². The van der Waals surface area contributed by atoms with Gasteiger partial charge in [0.1, 0.15) is 27.8 Å². The Labute approximate surface area is 289 Å². The second kappa shape index (κ2) is 13.1. The second-order valence-corrected chi connectivity index (χ2v) is 12.9. The monoisotopic (exact) mass is 700 g/mol. The lowest BCUT2D eigenvalue weighted by molar-refractivity contribution is -0.138. The van der Waals surface area contributed by atoms with Crippen LogP contribution in [0.5, 0.6) is 11.5 Å². The minimum atomic E-state index is -4.91. The number of hydrogen-bond donors (Lipinski definition) is 2. The van der Waals surface area contributed by atoms with E-state index in [4.69, 9.17) is 10.5 Å². The van der Waals surface area contributed by atoms with E-state index < -0.39 is 47.3 Å². The number of hydrogen-bond acceptors (Lipinski definition) is 9. The molecule has 4 aromatic rings. The molecule has 3 aromatic carbocycles. The van der Waals surface area contributed by atoms with Crippen molar-refractivity contribution in [1.29, 1.82) is 0 Å². The summed E-state index contributed by atoms with van der Waals surface area (Å²) in [5.41, 5.74) is 5.10. The van der Waals surface area contributed by atoms with Crippen LogP contribution in [0.4, 0.5) is 24.5 Å². The number of anilines is 2. The van der Waals surface area contributed by atoms with E-state index in [1.165, 1.54) is 34.7 Å². The van der Waals surface area contributed by atoms with E-state index in [0.29, 0.717) is 41.2 Å². The molecule has 0 saturated carbocycles. The molecular weight excluding hydrogens is 669 g/mol. The highest BCUT2D eigenvalue weighted by Crippen LogP contribution is 2.49. The van der Waals surface area contributed by atoms with Gasteiger partial charge in [-0.25, -0.2) is 4.98 Å². The minimum absolute atomic E-state index is 0.00741. The first-order chi connectivity index (χ1) is 24.0. The molecule has 2 fully saturated rings. The largest absolute Gasteiger partial charge is 0.457 e. The molecule has 50 heavy (non-hydrogen) atoms. The third kappa shape index (κ3) is 6.00. The molecule has 7 rings (SSSR count). The molecule has 0 spiro atoms. The van der Waals surface area contributed by atoms with E-state index >= 15 is 13.2 Å². The van der Waals surface area contributed by atoms with Crippen molar-refractivity contribution in [3.63, 3.8) is 0 Å². The first-order valence-corrected chi connectivity index (χ1v) is 16.7. The van der Waals surface area contributed by atoms with Crippen LogP contribution in [0, 0.1) is 0 Å². The van der Waals surface area contributed by atoms with Gasteiger partial charge in [-0.3, -0.25) is 24.2 Å².